The number of rotatable bonds is 5. The van der Waals surface area contributed by atoms with E-state index in [0.717, 1.165) is 32.2 Å². The lowest BCUT2D eigenvalue weighted by Gasteiger charge is -2.15. The molecule has 0 atom stereocenters. The second-order valence-corrected chi connectivity index (χ2v) is 5.37. The summed E-state index contributed by atoms with van der Waals surface area (Å²) in [4.78, 5) is 0. The molecular weight excluding hydrogens is 188 g/mol. The van der Waals surface area contributed by atoms with Gasteiger partial charge in [-0.15, -0.1) is 4.41 Å². The summed E-state index contributed by atoms with van der Waals surface area (Å²) in [5.41, 5.74) is 2.87. The minimum atomic E-state index is -3.01. The van der Waals surface area contributed by atoms with Crippen molar-refractivity contribution >= 4 is 10.0 Å². The van der Waals surface area contributed by atoms with Crippen LogP contribution in [-0.4, -0.2) is 31.7 Å². The van der Waals surface area contributed by atoms with E-state index in [9.17, 15) is 8.42 Å². The molecule has 4 nitrogen and oxygen atoms in total. The van der Waals surface area contributed by atoms with Gasteiger partial charge in [-0.25, -0.2) is 13.8 Å². The van der Waals surface area contributed by atoms with Gasteiger partial charge in [0.1, 0.15) is 0 Å². The number of hydrogen-bond donors (Lipinski definition) is 1. The molecule has 0 radical (unpaired) electrons. The highest BCUT2D eigenvalue weighted by atomic mass is 32.2. The Kier molecular flexibility index (Phi) is 4.15. The zero-order chi connectivity index (χ0) is 9.73. The molecule has 0 saturated carbocycles. The van der Waals surface area contributed by atoms with Gasteiger partial charge in [0.05, 0.1) is 5.75 Å². The largest absolute Gasteiger partial charge is 0.241 e. The summed E-state index contributed by atoms with van der Waals surface area (Å²) in [5.74, 6) is 0.286. The molecule has 0 aliphatic carbocycles. The summed E-state index contributed by atoms with van der Waals surface area (Å²) in [6.07, 6.45) is 3.75. The Balaban J connectivity index is 2.36. The molecule has 5 heteroatoms. The summed E-state index contributed by atoms with van der Waals surface area (Å²) < 4.78 is 24.5. The van der Waals surface area contributed by atoms with Gasteiger partial charge < -0.3 is 0 Å². The topological polar surface area (TPSA) is 49.4 Å². The summed E-state index contributed by atoms with van der Waals surface area (Å²) in [6.45, 7) is 3.49. The first-order chi connectivity index (χ1) is 6.17. The minimum absolute atomic E-state index is 0.286. The molecule has 1 N–H and O–H groups in total. The Hall–Kier alpha value is -0.130. The molecule has 1 fully saturated rings. The van der Waals surface area contributed by atoms with Crippen molar-refractivity contribution in [3.05, 3.63) is 0 Å². The average molecular weight is 206 g/mol. The maximum absolute atomic E-state index is 11.6. The molecule has 1 rings (SSSR count). The van der Waals surface area contributed by atoms with Crippen LogP contribution in [-0.2, 0) is 10.0 Å². The zero-order valence-electron chi connectivity index (χ0n) is 8.12. The fourth-order valence-electron chi connectivity index (χ4n) is 1.39. The Bertz CT molecular complexity index is 233. The van der Waals surface area contributed by atoms with Crippen LogP contribution in [0.1, 0.15) is 32.6 Å². The molecule has 0 aromatic heterocycles. The van der Waals surface area contributed by atoms with E-state index in [2.05, 4.69) is 12.3 Å². The molecule has 1 heterocycles. The van der Waals surface area contributed by atoms with Crippen LogP contribution in [0, 0.1) is 0 Å². The van der Waals surface area contributed by atoms with E-state index in [1.807, 2.05) is 0 Å². The normalized spacial score (nSPS) is 19.5. The lowest BCUT2D eigenvalue weighted by atomic mass is 10.3. The SMILES string of the molecule is CCCCCS(=O)(=O)N1CCCN1. The van der Waals surface area contributed by atoms with Gasteiger partial charge >= 0.3 is 0 Å². The molecule has 0 amide bonds. The third kappa shape index (κ3) is 3.25. The van der Waals surface area contributed by atoms with Gasteiger partial charge in [0, 0.05) is 13.1 Å². The van der Waals surface area contributed by atoms with Crippen molar-refractivity contribution in [2.75, 3.05) is 18.8 Å². The fraction of sp³-hybridized carbons (Fsp3) is 1.00. The van der Waals surface area contributed by atoms with Crippen molar-refractivity contribution in [2.45, 2.75) is 32.6 Å². The van der Waals surface area contributed by atoms with Crippen LogP contribution in [0.3, 0.4) is 0 Å². The van der Waals surface area contributed by atoms with Crippen molar-refractivity contribution in [3.8, 4) is 0 Å². The first-order valence-corrected chi connectivity index (χ1v) is 6.51. The Labute approximate surface area is 80.3 Å². The molecule has 78 valence electrons. The van der Waals surface area contributed by atoms with E-state index in [0.29, 0.717) is 6.54 Å². The predicted octanol–water partition coefficient (Wildman–Crippen LogP) is 0.717. The number of hydrazine groups is 1. The van der Waals surface area contributed by atoms with Gasteiger partial charge in [0.2, 0.25) is 10.0 Å². The summed E-state index contributed by atoms with van der Waals surface area (Å²) in [6, 6.07) is 0. The van der Waals surface area contributed by atoms with E-state index < -0.39 is 10.0 Å². The Morgan fingerprint density at radius 2 is 2.15 bits per heavy atom. The number of unbranched alkanes of at least 4 members (excludes halogenated alkanes) is 2. The minimum Gasteiger partial charge on any atom is -0.241 e. The molecule has 0 spiro atoms. The van der Waals surface area contributed by atoms with Gasteiger partial charge in [0.25, 0.3) is 0 Å². The second-order valence-electron chi connectivity index (χ2n) is 3.36. The molecule has 0 unspecified atom stereocenters. The molecule has 1 aliphatic rings. The first-order valence-electron chi connectivity index (χ1n) is 4.91. The zero-order valence-corrected chi connectivity index (χ0v) is 8.94. The van der Waals surface area contributed by atoms with Gasteiger partial charge in [-0.05, 0) is 12.8 Å². The number of sulfonamides is 1. The second kappa shape index (κ2) is 4.93. The maximum atomic E-state index is 11.6. The Morgan fingerprint density at radius 1 is 1.38 bits per heavy atom. The predicted molar refractivity (Wildman–Crippen MR) is 52.6 cm³/mol. The molecule has 0 bridgehead atoms. The molecule has 0 aromatic carbocycles. The fourth-order valence-corrected chi connectivity index (χ4v) is 2.87. The van der Waals surface area contributed by atoms with Crippen LogP contribution in [0.25, 0.3) is 0 Å². The van der Waals surface area contributed by atoms with Crippen LogP contribution >= 0.6 is 0 Å². The van der Waals surface area contributed by atoms with Crippen LogP contribution in [0.15, 0.2) is 0 Å². The van der Waals surface area contributed by atoms with Crippen molar-refractivity contribution in [1.29, 1.82) is 0 Å². The average Bonchev–Trinajstić information content (AvgIpc) is 2.56. The quantitative estimate of drug-likeness (QED) is 0.674. The molecule has 13 heavy (non-hydrogen) atoms. The smallest absolute Gasteiger partial charge is 0.226 e. The highest BCUT2D eigenvalue weighted by molar-refractivity contribution is 7.89. The third-order valence-electron chi connectivity index (χ3n) is 2.17. The first kappa shape index (κ1) is 10.9. The van der Waals surface area contributed by atoms with Crippen molar-refractivity contribution in [2.24, 2.45) is 0 Å². The molecular formula is C8H18N2O2S. The van der Waals surface area contributed by atoms with Crippen LogP contribution in [0.5, 0.6) is 0 Å². The molecule has 1 aliphatic heterocycles. The van der Waals surface area contributed by atoms with Gasteiger partial charge in [-0.2, -0.15) is 0 Å². The van der Waals surface area contributed by atoms with Gasteiger partial charge in [-0.3, -0.25) is 0 Å². The number of nitrogens with zero attached hydrogens (tertiary/aromatic N) is 1. The maximum Gasteiger partial charge on any atom is 0.226 e. The van der Waals surface area contributed by atoms with E-state index in [1.54, 1.807) is 0 Å². The van der Waals surface area contributed by atoms with Gasteiger partial charge in [0.15, 0.2) is 0 Å². The number of nitrogens with one attached hydrogen (secondary N) is 1. The van der Waals surface area contributed by atoms with E-state index >= 15 is 0 Å². The monoisotopic (exact) mass is 206 g/mol. The van der Waals surface area contributed by atoms with E-state index in [1.165, 1.54) is 4.41 Å². The standard InChI is InChI=1S/C8H18N2O2S/c1-2-3-4-8-13(11,12)10-7-5-6-9-10/h9H,2-8H2,1H3. The van der Waals surface area contributed by atoms with Crippen molar-refractivity contribution < 1.29 is 8.42 Å². The summed E-state index contributed by atoms with van der Waals surface area (Å²) in [7, 11) is -3.01. The van der Waals surface area contributed by atoms with Crippen LogP contribution in [0.2, 0.25) is 0 Å². The highest BCUT2D eigenvalue weighted by Gasteiger charge is 2.23. The number of hydrogen-bond acceptors (Lipinski definition) is 3. The lowest BCUT2D eigenvalue weighted by Crippen LogP contribution is -2.38. The Morgan fingerprint density at radius 3 is 2.69 bits per heavy atom. The third-order valence-corrected chi connectivity index (χ3v) is 3.96. The van der Waals surface area contributed by atoms with Crippen LogP contribution < -0.4 is 5.43 Å². The van der Waals surface area contributed by atoms with Crippen molar-refractivity contribution in [3.63, 3.8) is 0 Å². The van der Waals surface area contributed by atoms with Crippen LogP contribution in [0.4, 0.5) is 0 Å². The lowest BCUT2D eigenvalue weighted by molar-refractivity contribution is 0.398. The van der Waals surface area contributed by atoms with E-state index in [4.69, 9.17) is 0 Å². The van der Waals surface area contributed by atoms with E-state index in [-0.39, 0.29) is 5.75 Å². The van der Waals surface area contributed by atoms with Crippen molar-refractivity contribution in [1.82, 2.24) is 9.84 Å². The van der Waals surface area contributed by atoms with Gasteiger partial charge in [-0.1, -0.05) is 19.8 Å². The molecule has 0 aromatic rings. The highest BCUT2D eigenvalue weighted by Crippen LogP contribution is 2.07. The molecule has 1 saturated heterocycles. The summed E-state index contributed by atoms with van der Waals surface area (Å²) in [5, 5.41) is 0. The summed E-state index contributed by atoms with van der Waals surface area (Å²) >= 11 is 0.